The highest BCUT2D eigenvalue weighted by atomic mass is 16.7. The molecule has 1 fully saturated rings. The van der Waals surface area contributed by atoms with Gasteiger partial charge in [-0.3, -0.25) is 14.6 Å². The number of aryl methyl sites for hydroxylation is 1. The van der Waals surface area contributed by atoms with Gasteiger partial charge in [-0.05, 0) is 20.3 Å². The van der Waals surface area contributed by atoms with E-state index in [-0.39, 0.29) is 6.10 Å². The summed E-state index contributed by atoms with van der Waals surface area (Å²) >= 11 is 0. The molecule has 104 valence electrons. The highest BCUT2D eigenvalue weighted by Crippen LogP contribution is 2.35. The van der Waals surface area contributed by atoms with Crippen molar-refractivity contribution >= 4 is 5.97 Å². The number of carbonyl (C=O) groups excluding carboxylic acids is 1. The first-order valence-electron chi connectivity index (χ1n) is 6.04. The summed E-state index contributed by atoms with van der Waals surface area (Å²) in [6, 6.07) is 0. The number of aromatic nitrogens is 2. The van der Waals surface area contributed by atoms with Crippen LogP contribution in [0.3, 0.4) is 0 Å². The Labute approximate surface area is 109 Å². The second kappa shape index (κ2) is 4.65. The number of hydrogen-bond acceptors (Lipinski definition) is 5. The molecule has 0 spiro atoms. The van der Waals surface area contributed by atoms with E-state index in [4.69, 9.17) is 9.47 Å². The third kappa shape index (κ3) is 2.46. The van der Waals surface area contributed by atoms with Gasteiger partial charge in [0.25, 0.3) is 5.56 Å². The van der Waals surface area contributed by atoms with E-state index in [9.17, 15) is 14.4 Å². The highest BCUT2D eigenvalue weighted by molar-refractivity contribution is 5.66. The van der Waals surface area contributed by atoms with E-state index in [2.05, 4.69) is 4.98 Å². The van der Waals surface area contributed by atoms with Gasteiger partial charge in [0.1, 0.15) is 0 Å². The summed E-state index contributed by atoms with van der Waals surface area (Å²) in [5.74, 6) is -2.01. The normalized spacial score (nSPS) is 26.4. The summed E-state index contributed by atoms with van der Waals surface area (Å²) in [6.45, 7) is 4.64. The van der Waals surface area contributed by atoms with E-state index in [1.165, 1.54) is 13.1 Å². The molecular weight excluding hydrogens is 252 g/mol. The molecule has 0 aliphatic carbocycles. The molecule has 7 heteroatoms. The maximum Gasteiger partial charge on any atom is 0.333 e. The van der Waals surface area contributed by atoms with Gasteiger partial charge in [0, 0.05) is 25.1 Å². The molecule has 0 radical (unpaired) electrons. The molecule has 2 atom stereocenters. The predicted molar refractivity (Wildman–Crippen MR) is 65.6 cm³/mol. The van der Waals surface area contributed by atoms with Gasteiger partial charge in [-0.2, -0.15) is 0 Å². The topological polar surface area (TPSA) is 90.4 Å². The maximum atomic E-state index is 11.9. The molecular formula is C12H16N2O5. The van der Waals surface area contributed by atoms with Crippen molar-refractivity contribution < 1.29 is 14.3 Å². The molecule has 1 aromatic rings. The van der Waals surface area contributed by atoms with Crippen molar-refractivity contribution in [2.75, 3.05) is 0 Å². The minimum atomic E-state index is -1.46. The van der Waals surface area contributed by atoms with Crippen LogP contribution in [0.15, 0.2) is 15.8 Å². The molecule has 2 rings (SSSR count). The monoisotopic (exact) mass is 268 g/mol. The summed E-state index contributed by atoms with van der Waals surface area (Å²) < 4.78 is 12.0. The Morgan fingerprint density at radius 2 is 2.26 bits per heavy atom. The number of carbonyl (C=O) groups is 1. The third-order valence-electron chi connectivity index (χ3n) is 3.04. The van der Waals surface area contributed by atoms with Crippen molar-refractivity contribution in [2.24, 2.45) is 0 Å². The fourth-order valence-corrected chi connectivity index (χ4v) is 2.16. The third-order valence-corrected chi connectivity index (χ3v) is 3.04. The van der Waals surface area contributed by atoms with Crippen LogP contribution in [0.25, 0.3) is 0 Å². The van der Waals surface area contributed by atoms with Crippen molar-refractivity contribution in [3.63, 3.8) is 0 Å². The van der Waals surface area contributed by atoms with Crippen molar-refractivity contribution in [3.8, 4) is 0 Å². The van der Waals surface area contributed by atoms with Crippen molar-refractivity contribution in [1.82, 2.24) is 9.55 Å². The Kier molecular flexibility index (Phi) is 3.32. The summed E-state index contributed by atoms with van der Waals surface area (Å²) in [5, 5.41) is 0. The molecule has 1 aromatic heterocycles. The van der Waals surface area contributed by atoms with Crippen molar-refractivity contribution in [2.45, 2.75) is 45.6 Å². The largest absolute Gasteiger partial charge is 0.413 e. The molecule has 0 amide bonds. The SMILES string of the molecule is CC(=O)O[C@]1(n2cc(C)c(=O)[nH]c2=O)CC[C@@H](C)O1. The van der Waals surface area contributed by atoms with E-state index in [1.54, 1.807) is 6.92 Å². The smallest absolute Gasteiger partial charge is 0.333 e. The minimum absolute atomic E-state index is 0.140. The number of aromatic amines is 1. The molecule has 19 heavy (non-hydrogen) atoms. The van der Waals surface area contributed by atoms with Gasteiger partial charge in [0.05, 0.1) is 6.10 Å². The number of rotatable bonds is 2. The summed E-state index contributed by atoms with van der Waals surface area (Å²) in [5.41, 5.74) is -0.787. The van der Waals surface area contributed by atoms with Crippen LogP contribution in [0, 0.1) is 6.92 Å². The number of ether oxygens (including phenoxy) is 2. The van der Waals surface area contributed by atoms with Gasteiger partial charge in [-0.1, -0.05) is 0 Å². The molecule has 1 N–H and O–H groups in total. The Hall–Kier alpha value is -1.89. The summed E-state index contributed by atoms with van der Waals surface area (Å²) in [4.78, 5) is 36.7. The standard InChI is InChI=1S/C12H16N2O5/c1-7-6-14(11(17)13-10(7)16)12(19-9(3)15)5-4-8(2)18-12/h6,8H,4-5H2,1-3H3,(H,13,16,17)/t8-,12+/m1/s1. The lowest BCUT2D eigenvalue weighted by atomic mass is 10.2. The van der Waals surface area contributed by atoms with Crippen molar-refractivity contribution in [1.29, 1.82) is 0 Å². The number of hydrogen-bond donors (Lipinski definition) is 1. The zero-order valence-electron chi connectivity index (χ0n) is 11.1. The quantitative estimate of drug-likeness (QED) is 0.775. The Bertz CT molecular complexity index is 617. The lowest BCUT2D eigenvalue weighted by Gasteiger charge is -2.29. The van der Waals surface area contributed by atoms with Crippen LogP contribution in [-0.4, -0.2) is 21.6 Å². The summed E-state index contributed by atoms with van der Waals surface area (Å²) in [6.07, 6.45) is 2.22. The van der Waals surface area contributed by atoms with Gasteiger partial charge in [-0.25, -0.2) is 9.36 Å². The first kappa shape index (κ1) is 13.5. The molecule has 0 aromatic carbocycles. The molecule has 7 nitrogen and oxygen atoms in total. The van der Waals surface area contributed by atoms with E-state index < -0.39 is 23.1 Å². The van der Waals surface area contributed by atoms with Crippen LogP contribution in [-0.2, 0) is 20.2 Å². The molecule has 0 saturated carbocycles. The van der Waals surface area contributed by atoms with Crippen LogP contribution in [0.2, 0.25) is 0 Å². The first-order valence-corrected chi connectivity index (χ1v) is 6.04. The van der Waals surface area contributed by atoms with Crippen LogP contribution in [0.4, 0.5) is 0 Å². The average molecular weight is 268 g/mol. The van der Waals surface area contributed by atoms with Gasteiger partial charge >= 0.3 is 17.6 Å². The average Bonchev–Trinajstić information content (AvgIpc) is 2.65. The van der Waals surface area contributed by atoms with Gasteiger partial charge < -0.3 is 9.47 Å². The van der Waals surface area contributed by atoms with Gasteiger partial charge in [0.15, 0.2) is 0 Å². The van der Waals surface area contributed by atoms with E-state index in [0.29, 0.717) is 18.4 Å². The molecule has 0 bridgehead atoms. The Balaban J connectivity index is 2.56. The Morgan fingerprint density at radius 1 is 1.58 bits per heavy atom. The second-order valence-corrected chi connectivity index (χ2v) is 4.71. The summed E-state index contributed by atoms with van der Waals surface area (Å²) in [7, 11) is 0. The fourth-order valence-electron chi connectivity index (χ4n) is 2.16. The number of nitrogens with one attached hydrogen (secondary N) is 1. The minimum Gasteiger partial charge on any atom is -0.413 e. The fraction of sp³-hybridized carbons (Fsp3) is 0.583. The lowest BCUT2D eigenvalue weighted by Crippen LogP contribution is -2.47. The maximum absolute atomic E-state index is 11.9. The molecule has 1 aliphatic rings. The first-order chi connectivity index (χ1) is 8.84. The van der Waals surface area contributed by atoms with E-state index >= 15 is 0 Å². The van der Waals surface area contributed by atoms with Gasteiger partial charge in [0.2, 0.25) is 0 Å². The lowest BCUT2D eigenvalue weighted by molar-refractivity contribution is -0.268. The second-order valence-electron chi connectivity index (χ2n) is 4.71. The zero-order chi connectivity index (χ0) is 14.2. The molecule has 2 heterocycles. The van der Waals surface area contributed by atoms with E-state index in [1.807, 2.05) is 6.92 Å². The highest BCUT2D eigenvalue weighted by Gasteiger charge is 2.45. The van der Waals surface area contributed by atoms with Crippen molar-refractivity contribution in [3.05, 3.63) is 32.6 Å². The van der Waals surface area contributed by atoms with Crippen LogP contribution < -0.4 is 11.2 Å². The zero-order valence-corrected chi connectivity index (χ0v) is 11.1. The molecule has 0 unspecified atom stereocenters. The number of esters is 1. The Morgan fingerprint density at radius 3 is 2.79 bits per heavy atom. The van der Waals surface area contributed by atoms with Crippen LogP contribution >= 0.6 is 0 Å². The van der Waals surface area contributed by atoms with Crippen LogP contribution in [0.5, 0.6) is 0 Å². The number of H-pyrrole nitrogens is 1. The molecule has 1 aliphatic heterocycles. The van der Waals surface area contributed by atoms with Crippen LogP contribution in [0.1, 0.15) is 32.3 Å². The van der Waals surface area contributed by atoms with E-state index in [0.717, 1.165) is 4.57 Å². The number of nitrogens with zero attached hydrogens (tertiary/aromatic N) is 1. The molecule has 1 saturated heterocycles. The predicted octanol–water partition coefficient (Wildman–Crippen LogP) is 0.217. The van der Waals surface area contributed by atoms with Gasteiger partial charge in [-0.15, -0.1) is 0 Å².